The van der Waals surface area contributed by atoms with Gasteiger partial charge in [-0.3, -0.25) is 19.4 Å². The van der Waals surface area contributed by atoms with Gasteiger partial charge in [-0.2, -0.15) is 0 Å². The van der Waals surface area contributed by atoms with E-state index in [-0.39, 0.29) is 23.6 Å². The van der Waals surface area contributed by atoms with Crippen molar-refractivity contribution in [2.24, 2.45) is 4.99 Å². The molecule has 1 amide bonds. The summed E-state index contributed by atoms with van der Waals surface area (Å²) in [6, 6.07) is 14.3. The molecule has 4 heterocycles. The highest BCUT2D eigenvalue weighted by Crippen LogP contribution is 2.37. The van der Waals surface area contributed by atoms with Gasteiger partial charge < -0.3 is 9.30 Å². The predicted octanol–water partition coefficient (Wildman–Crippen LogP) is 4.09. The van der Waals surface area contributed by atoms with Crippen LogP contribution in [-0.2, 0) is 19.4 Å². The van der Waals surface area contributed by atoms with Gasteiger partial charge in [0.25, 0.3) is 5.91 Å². The van der Waals surface area contributed by atoms with Crippen LogP contribution in [0.5, 0.6) is 5.75 Å². The lowest BCUT2D eigenvalue weighted by atomic mass is 10.1. The number of anilines is 1. The molecule has 2 aromatic carbocycles. The molecule has 0 aliphatic carbocycles. The zero-order chi connectivity index (χ0) is 25.0. The van der Waals surface area contributed by atoms with Crippen LogP contribution >= 0.6 is 15.9 Å². The highest BCUT2D eigenvalue weighted by molar-refractivity contribution is 9.10. The zero-order valence-electron chi connectivity index (χ0n) is 20.2. The van der Waals surface area contributed by atoms with Crippen LogP contribution in [0.1, 0.15) is 51.6 Å². The normalized spacial score (nSPS) is 18.0. The Hall–Kier alpha value is -3.46. The van der Waals surface area contributed by atoms with Crippen molar-refractivity contribution in [1.29, 1.82) is 0 Å². The van der Waals surface area contributed by atoms with E-state index >= 15 is 0 Å². The Labute approximate surface area is 217 Å². The third-order valence-corrected chi connectivity index (χ3v) is 7.50. The minimum absolute atomic E-state index is 0.00575. The number of ether oxygens (including phenoxy) is 1. The fourth-order valence-electron chi connectivity index (χ4n) is 5.32. The Morgan fingerprint density at radius 2 is 2.00 bits per heavy atom. The van der Waals surface area contributed by atoms with Gasteiger partial charge in [0.1, 0.15) is 5.75 Å². The second-order valence-corrected chi connectivity index (χ2v) is 10.2. The van der Waals surface area contributed by atoms with Crippen LogP contribution in [0.3, 0.4) is 0 Å². The van der Waals surface area contributed by atoms with Crippen LogP contribution in [0.2, 0.25) is 0 Å². The minimum atomic E-state index is -0.178. The number of hydrogen-bond donors (Lipinski definition) is 0. The fraction of sp³-hybridized carbons (Fsp3) is 0.333. The summed E-state index contributed by atoms with van der Waals surface area (Å²) in [4.78, 5) is 39.8. The number of hydrogen-bond acceptors (Lipinski definition) is 6. The summed E-state index contributed by atoms with van der Waals surface area (Å²) >= 11 is 3.61. The lowest BCUT2D eigenvalue weighted by Crippen LogP contribution is -2.50. The summed E-state index contributed by atoms with van der Waals surface area (Å²) in [5.41, 5.74) is 3.74. The van der Waals surface area contributed by atoms with E-state index in [9.17, 15) is 9.59 Å². The van der Waals surface area contributed by atoms with E-state index in [1.54, 1.807) is 9.47 Å². The SMILES string of the molecule is CCN1C(=O)c2c(nc(C(C)=O)n2Cc2cc(Br)c3c(c2)CCO3)N2CC(Cc3ccccc3)N=C12. The molecule has 9 heteroatoms. The lowest BCUT2D eigenvalue weighted by Gasteiger charge is -2.33. The first kappa shape index (κ1) is 23.0. The van der Waals surface area contributed by atoms with Crippen molar-refractivity contribution in [1.82, 2.24) is 14.5 Å². The topological polar surface area (TPSA) is 80.0 Å². The molecule has 0 bridgehead atoms. The van der Waals surface area contributed by atoms with E-state index < -0.39 is 0 Å². The molecule has 3 aliphatic rings. The molecule has 0 N–H and O–H groups in total. The second-order valence-electron chi connectivity index (χ2n) is 9.35. The average molecular weight is 548 g/mol. The lowest BCUT2D eigenvalue weighted by molar-refractivity contribution is 0.0836. The average Bonchev–Trinajstić information content (AvgIpc) is 3.58. The van der Waals surface area contributed by atoms with E-state index in [0.717, 1.165) is 34.2 Å². The summed E-state index contributed by atoms with van der Waals surface area (Å²) in [7, 11) is 0. The number of aromatic nitrogens is 2. The molecule has 0 spiro atoms. The van der Waals surface area contributed by atoms with E-state index in [1.165, 1.54) is 12.5 Å². The number of ketones is 1. The first-order valence-corrected chi connectivity index (χ1v) is 13.0. The molecule has 1 atom stereocenters. The Morgan fingerprint density at radius 3 is 2.75 bits per heavy atom. The maximum atomic E-state index is 13.8. The molecule has 0 saturated carbocycles. The van der Waals surface area contributed by atoms with Gasteiger partial charge in [0.15, 0.2) is 23.1 Å². The van der Waals surface area contributed by atoms with Crippen molar-refractivity contribution >= 4 is 39.4 Å². The Morgan fingerprint density at radius 1 is 1.19 bits per heavy atom. The molecule has 3 aliphatic heterocycles. The third kappa shape index (κ3) is 3.73. The number of imidazole rings is 1. The van der Waals surface area contributed by atoms with Crippen LogP contribution in [0.15, 0.2) is 51.9 Å². The van der Waals surface area contributed by atoms with Gasteiger partial charge in [0, 0.05) is 19.9 Å². The number of benzene rings is 2. The number of Topliss-reactive ketones (excluding diaryl/α,β-unsaturated/α-hetero) is 1. The van der Waals surface area contributed by atoms with Crippen LogP contribution in [-0.4, -0.2) is 57.8 Å². The van der Waals surface area contributed by atoms with Crippen molar-refractivity contribution in [3.63, 3.8) is 0 Å². The van der Waals surface area contributed by atoms with Crippen molar-refractivity contribution in [3.05, 3.63) is 75.1 Å². The number of carbonyl (C=O) groups is 2. The number of amides is 1. The van der Waals surface area contributed by atoms with Gasteiger partial charge in [-0.05, 0) is 52.0 Å². The van der Waals surface area contributed by atoms with Crippen molar-refractivity contribution in [3.8, 4) is 5.75 Å². The van der Waals surface area contributed by atoms with Gasteiger partial charge in [0.05, 0.1) is 30.2 Å². The summed E-state index contributed by atoms with van der Waals surface area (Å²) in [5.74, 6) is 1.94. The number of carbonyl (C=O) groups excluding carboxylic acids is 2. The maximum absolute atomic E-state index is 13.8. The number of aliphatic imine (C=N–C) groups is 1. The van der Waals surface area contributed by atoms with Crippen LogP contribution in [0, 0.1) is 0 Å². The van der Waals surface area contributed by atoms with Gasteiger partial charge >= 0.3 is 0 Å². The third-order valence-electron chi connectivity index (χ3n) is 6.91. The van der Waals surface area contributed by atoms with Gasteiger partial charge in [-0.15, -0.1) is 0 Å². The minimum Gasteiger partial charge on any atom is -0.492 e. The highest BCUT2D eigenvalue weighted by atomic mass is 79.9. The smallest absolute Gasteiger partial charge is 0.281 e. The van der Waals surface area contributed by atoms with Crippen molar-refractivity contribution in [2.45, 2.75) is 39.3 Å². The predicted molar refractivity (Wildman–Crippen MR) is 140 cm³/mol. The first-order chi connectivity index (χ1) is 17.4. The van der Waals surface area contributed by atoms with E-state index in [1.807, 2.05) is 36.1 Å². The summed E-state index contributed by atoms with van der Waals surface area (Å²) in [5, 5.41) is 0. The first-order valence-electron chi connectivity index (χ1n) is 12.2. The number of rotatable bonds is 6. The number of halogens is 1. The van der Waals surface area contributed by atoms with Crippen LogP contribution in [0.4, 0.5) is 5.82 Å². The second kappa shape index (κ2) is 8.89. The molecule has 0 saturated heterocycles. The molecule has 1 aromatic heterocycles. The largest absolute Gasteiger partial charge is 0.492 e. The summed E-state index contributed by atoms with van der Waals surface area (Å²) in [6.45, 7) is 5.54. The van der Waals surface area contributed by atoms with Crippen LogP contribution in [0.25, 0.3) is 0 Å². The quantitative estimate of drug-likeness (QED) is 0.434. The van der Waals surface area contributed by atoms with Gasteiger partial charge in [-0.1, -0.05) is 36.4 Å². The fourth-order valence-corrected chi connectivity index (χ4v) is 5.99. The molecule has 0 fully saturated rings. The molecule has 8 nitrogen and oxygen atoms in total. The number of nitrogens with zero attached hydrogens (tertiary/aromatic N) is 5. The monoisotopic (exact) mass is 547 g/mol. The highest BCUT2D eigenvalue weighted by Gasteiger charge is 2.43. The summed E-state index contributed by atoms with van der Waals surface area (Å²) in [6.07, 6.45) is 1.61. The van der Waals surface area contributed by atoms with E-state index in [2.05, 4.69) is 34.1 Å². The molecule has 1 unspecified atom stereocenters. The number of fused-ring (bicyclic) bond motifs is 4. The molecular weight excluding hydrogens is 522 g/mol. The Kier molecular flexibility index (Phi) is 5.67. The maximum Gasteiger partial charge on any atom is 0.281 e. The molecular formula is C27H26BrN5O3. The molecule has 3 aromatic rings. The molecule has 36 heavy (non-hydrogen) atoms. The zero-order valence-corrected chi connectivity index (χ0v) is 21.8. The Bertz CT molecular complexity index is 1410. The standard InChI is InChI=1S/C27H26BrN5O3/c1-3-31-26(35)22-25(33-15-20(29-27(31)33)12-17-7-5-4-6-8-17)30-24(16(2)34)32(22)14-18-11-19-9-10-36-23(19)21(28)13-18/h4-8,11,13,20H,3,9-10,12,14-15H2,1-2H3. The van der Waals surface area contributed by atoms with E-state index in [4.69, 9.17) is 14.7 Å². The van der Waals surface area contributed by atoms with Crippen molar-refractivity contribution in [2.75, 3.05) is 24.6 Å². The van der Waals surface area contributed by atoms with Gasteiger partial charge in [-0.25, -0.2) is 9.98 Å². The van der Waals surface area contributed by atoms with Gasteiger partial charge in [0.2, 0.25) is 5.96 Å². The van der Waals surface area contributed by atoms with Crippen molar-refractivity contribution < 1.29 is 14.3 Å². The molecule has 6 rings (SSSR count). The Balaban J connectivity index is 1.40. The summed E-state index contributed by atoms with van der Waals surface area (Å²) < 4.78 is 8.37. The van der Waals surface area contributed by atoms with Crippen LogP contribution < -0.4 is 9.64 Å². The molecule has 184 valence electrons. The molecule has 0 radical (unpaired) electrons. The van der Waals surface area contributed by atoms with E-state index in [0.29, 0.717) is 43.7 Å². The number of guanidine groups is 1.